The van der Waals surface area contributed by atoms with Crippen LogP contribution in [0.2, 0.25) is 0 Å². The molecule has 1 aromatic heterocycles. The standard InChI is InChI=1S/C13H18N2O2/c1-9-11(13(16)17-2)6-7-12(15-9)14-8-10-4-3-5-10/h6-7,10H,3-5,8H2,1-2H3,(H,14,15). The molecule has 1 aliphatic rings. The second kappa shape index (κ2) is 5.17. The number of carbonyl (C=O) groups is 1. The first-order chi connectivity index (χ1) is 8.20. The van der Waals surface area contributed by atoms with Gasteiger partial charge < -0.3 is 10.1 Å². The van der Waals surface area contributed by atoms with Gasteiger partial charge in [0.2, 0.25) is 0 Å². The quantitative estimate of drug-likeness (QED) is 0.813. The maximum atomic E-state index is 11.4. The molecule has 1 heterocycles. The third-order valence-corrected chi connectivity index (χ3v) is 3.29. The molecule has 0 unspecified atom stereocenters. The van der Waals surface area contributed by atoms with Gasteiger partial charge in [0.1, 0.15) is 5.82 Å². The minimum atomic E-state index is -0.333. The minimum absolute atomic E-state index is 0.333. The van der Waals surface area contributed by atoms with Gasteiger partial charge in [-0.05, 0) is 37.8 Å². The monoisotopic (exact) mass is 234 g/mol. The van der Waals surface area contributed by atoms with E-state index < -0.39 is 0 Å². The lowest BCUT2D eigenvalue weighted by Crippen LogP contribution is -2.21. The van der Waals surface area contributed by atoms with Crippen LogP contribution in [0.15, 0.2) is 12.1 Å². The van der Waals surface area contributed by atoms with E-state index in [1.54, 1.807) is 6.07 Å². The predicted octanol–water partition coefficient (Wildman–Crippen LogP) is 2.39. The van der Waals surface area contributed by atoms with Crippen LogP contribution in [0.5, 0.6) is 0 Å². The van der Waals surface area contributed by atoms with E-state index in [0.29, 0.717) is 11.3 Å². The molecule has 4 nitrogen and oxygen atoms in total. The molecule has 0 amide bonds. The summed E-state index contributed by atoms with van der Waals surface area (Å²) in [6.07, 6.45) is 3.97. The lowest BCUT2D eigenvalue weighted by atomic mass is 9.85. The highest BCUT2D eigenvalue weighted by molar-refractivity contribution is 5.90. The van der Waals surface area contributed by atoms with E-state index in [2.05, 4.69) is 15.0 Å². The third kappa shape index (κ3) is 2.75. The fourth-order valence-corrected chi connectivity index (χ4v) is 1.93. The molecule has 0 radical (unpaired) electrons. The van der Waals surface area contributed by atoms with Crippen molar-refractivity contribution in [1.29, 1.82) is 0 Å². The first-order valence-corrected chi connectivity index (χ1v) is 6.00. The Morgan fingerprint density at radius 3 is 2.82 bits per heavy atom. The van der Waals surface area contributed by atoms with Crippen LogP contribution in [0.25, 0.3) is 0 Å². The molecule has 0 aliphatic heterocycles. The van der Waals surface area contributed by atoms with Crippen molar-refractivity contribution in [3.8, 4) is 0 Å². The van der Waals surface area contributed by atoms with Gasteiger partial charge in [0.05, 0.1) is 18.4 Å². The van der Waals surface area contributed by atoms with Gasteiger partial charge in [0, 0.05) is 6.54 Å². The molecule has 0 spiro atoms. The van der Waals surface area contributed by atoms with Crippen molar-refractivity contribution in [2.45, 2.75) is 26.2 Å². The summed E-state index contributed by atoms with van der Waals surface area (Å²) in [7, 11) is 1.38. The highest BCUT2D eigenvalue weighted by Gasteiger charge is 2.17. The van der Waals surface area contributed by atoms with Gasteiger partial charge in [-0.1, -0.05) is 6.42 Å². The van der Waals surface area contributed by atoms with Crippen LogP contribution >= 0.6 is 0 Å². The van der Waals surface area contributed by atoms with Crippen molar-refractivity contribution in [1.82, 2.24) is 4.98 Å². The van der Waals surface area contributed by atoms with Crippen molar-refractivity contribution in [3.63, 3.8) is 0 Å². The van der Waals surface area contributed by atoms with Crippen LogP contribution in [0.1, 0.15) is 35.3 Å². The minimum Gasteiger partial charge on any atom is -0.465 e. The Bertz CT molecular complexity index is 414. The van der Waals surface area contributed by atoms with Gasteiger partial charge in [-0.3, -0.25) is 0 Å². The van der Waals surface area contributed by atoms with Gasteiger partial charge in [-0.25, -0.2) is 9.78 Å². The molecule has 2 rings (SSSR count). The number of esters is 1. The lowest BCUT2D eigenvalue weighted by Gasteiger charge is -2.25. The Hall–Kier alpha value is -1.58. The van der Waals surface area contributed by atoms with Crippen LogP contribution in [0.4, 0.5) is 5.82 Å². The number of ether oxygens (including phenoxy) is 1. The average molecular weight is 234 g/mol. The zero-order valence-corrected chi connectivity index (χ0v) is 10.3. The van der Waals surface area contributed by atoms with Gasteiger partial charge in [-0.15, -0.1) is 0 Å². The zero-order chi connectivity index (χ0) is 12.3. The maximum Gasteiger partial charge on any atom is 0.339 e. The molecular weight excluding hydrogens is 216 g/mol. The van der Waals surface area contributed by atoms with Crippen molar-refractivity contribution in [3.05, 3.63) is 23.4 Å². The van der Waals surface area contributed by atoms with E-state index in [0.717, 1.165) is 18.3 Å². The van der Waals surface area contributed by atoms with Crippen molar-refractivity contribution in [2.75, 3.05) is 19.0 Å². The molecule has 1 aromatic rings. The van der Waals surface area contributed by atoms with Crippen LogP contribution in [0, 0.1) is 12.8 Å². The van der Waals surface area contributed by atoms with E-state index in [-0.39, 0.29) is 5.97 Å². The number of hydrogen-bond acceptors (Lipinski definition) is 4. The number of anilines is 1. The Morgan fingerprint density at radius 2 is 2.29 bits per heavy atom. The number of methoxy groups -OCH3 is 1. The summed E-state index contributed by atoms with van der Waals surface area (Å²) < 4.78 is 4.68. The number of pyridine rings is 1. The Kier molecular flexibility index (Phi) is 3.61. The Labute approximate surface area is 101 Å². The molecule has 92 valence electrons. The number of nitrogens with zero attached hydrogens (tertiary/aromatic N) is 1. The third-order valence-electron chi connectivity index (χ3n) is 3.29. The van der Waals surface area contributed by atoms with Crippen LogP contribution in [-0.2, 0) is 4.74 Å². The number of hydrogen-bond donors (Lipinski definition) is 1. The number of rotatable bonds is 4. The SMILES string of the molecule is COC(=O)c1ccc(NCC2CCC2)nc1C. The van der Waals surface area contributed by atoms with Gasteiger partial charge in [0.25, 0.3) is 0 Å². The molecule has 4 heteroatoms. The molecule has 0 saturated heterocycles. The predicted molar refractivity (Wildman–Crippen MR) is 66.1 cm³/mol. The van der Waals surface area contributed by atoms with Crippen LogP contribution < -0.4 is 5.32 Å². The van der Waals surface area contributed by atoms with Crippen LogP contribution in [-0.4, -0.2) is 24.6 Å². The molecule has 0 aromatic carbocycles. The van der Waals surface area contributed by atoms with E-state index in [1.807, 2.05) is 13.0 Å². The van der Waals surface area contributed by atoms with Gasteiger partial charge >= 0.3 is 5.97 Å². The van der Waals surface area contributed by atoms with Crippen molar-refractivity contribution >= 4 is 11.8 Å². The summed E-state index contributed by atoms with van der Waals surface area (Å²) in [6, 6.07) is 3.59. The summed E-state index contributed by atoms with van der Waals surface area (Å²) in [5.41, 5.74) is 1.23. The molecular formula is C13H18N2O2. The molecule has 0 atom stereocenters. The van der Waals surface area contributed by atoms with Crippen molar-refractivity contribution < 1.29 is 9.53 Å². The lowest BCUT2D eigenvalue weighted by molar-refractivity contribution is 0.0599. The molecule has 1 fully saturated rings. The van der Waals surface area contributed by atoms with E-state index in [4.69, 9.17) is 0 Å². The summed E-state index contributed by atoms with van der Waals surface area (Å²) in [4.78, 5) is 15.7. The summed E-state index contributed by atoms with van der Waals surface area (Å²) in [6.45, 7) is 2.80. The largest absolute Gasteiger partial charge is 0.465 e. The highest BCUT2D eigenvalue weighted by Crippen LogP contribution is 2.26. The first-order valence-electron chi connectivity index (χ1n) is 6.00. The fraction of sp³-hybridized carbons (Fsp3) is 0.538. The number of carbonyl (C=O) groups excluding carboxylic acids is 1. The summed E-state index contributed by atoms with van der Waals surface area (Å²) in [5, 5.41) is 3.31. The number of aromatic nitrogens is 1. The Balaban J connectivity index is 1.99. The van der Waals surface area contributed by atoms with Gasteiger partial charge in [-0.2, -0.15) is 0 Å². The topological polar surface area (TPSA) is 51.2 Å². The van der Waals surface area contributed by atoms with Crippen LogP contribution in [0.3, 0.4) is 0 Å². The molecule has 1 saturated carbocycles. The van der Waals surface area contributed by atoms with E-state index in [1.165, 1.54) is 26.4 Å². The average Bonchev–Trinajstić information content (AvgIpc) is 2.26. The summed E-state index contributed by atoms with van der Waals surface area (Å²) >= 11 is 0. The molecule has 1 N–H and O–H groups in total. The maximum absolute atomic E-state index is 11.4. The van der Waals surface area contributed by atoms with E-state index in [9.17, 15) is 4.79 Å². The fourth-order valence-electron chi connectivity index (χ4n) is 1.93. The zero-order valence-electron chi connectivity index (χ0n) is 10.3. The van der Waals surface area contributed by atoms with Gasteiger partial charge in [0.15, 0.2) is 0 Å². The molecule has 0 bridgehead atoms. The van der Waals surface area contributed by atoms with E-state index >= 15 is 0 Å². The summed E-state index contributed by atoms with van der Waals surface area (Å²) in [5.74, 6) is 1.29. The molecule has 1 aliphatic carbocycles. The smallest absolute Gasteiger partial charge is 0.339 e. The second-order valence-electron chi connectivity index (χ2n) is 4.50. The molecule has 17 heavy (non-hydrogen) atoms. The second-order valence-corrected chi connectivity index (χ2v) is 4.50. The van der Waals surface area contributed by atoms with Crippen molar-refractivity contribution in [2.24, 2.45) is 5.92 Å². The first kappa shape index (κ1) is 11.9. The Morgan fingerprint density at radius 1 is 1.53 bits per heavy atom. The normalized spacial score (nSPS) is 15.2. The highest BCUT2D eigenvalue weighted by atomic mass is 16.5. The number of aryl methyl sites for hydroxylation is 1. The number of nitrogens with one attached hydrogen (secondary N) is 1.